The van der Waals surface area contributed by atoms with Crippen LogP contribution in [0.25, 0.3) is 0 Å². The van der Waals surface area contributed by atoms with Gasteiger partial charge in [-0.2, -0.15) is 8.78 Å². The molecule has 1 fully saturated rings. The van der Waals surface area contributed by atoms with E-state index < -0.39 is 15.6 Å². The Morgan fingerprint density at radius 1 is 1.20 bits per heavy atom. The van der Waals surface area contributed by atoms with Gasteiger partial charge in [0.15, 0.2) is 0 Å². The number of hydrogen-bond donors (Lipinski definition) is 0. The fraction of sp³-hybridized carbons (Fsp3) is 0.438. The van der Waals surface area contributed by atoms with E-state index in [0.717, 1.165) is 30.3 Å². The lowest BCUT2D eigenvalue weighted by Crippen LogP contribution is -2.46. The molecule has 0 atom stereocenters. The molecule has 1 aromatic carbocycles. The molecule has 0 amide bonds. The lowest BCUT2D eigenvalue weighted by molar-refractivity contribution is 0.234. The van der Waals surface area contributed by atoms with Gasteiger partial charge in [0, 0.05) is 38.1 Å². The highest BCUT2D eigenvalue weighted by Gasteiger charge is 2.31. The fourth-order valence-corrected chi connectivity index (χ4v) is 4.46. The minimum absolute atomic E-state index is 0.298. The molecule has 1 saturated heterocycles. The molecule has 136 valence electrons. The number of benzene rings is 1. The molecule has 3 rings (SSSR count). The summed E-state index contributed by atoms with van der Waals surface area (Å²) in [6, 6.07) is 5.99. The average molecular weight is 387 g/mol. The van der Waals surface area contributed by atoms with Crippen molar-refractivity contribution in [2.24, 2.45) is 0 Å². The summed E-state index contributed by atoms with van der Waals surface area (Å²) in [6.07, 6.45) is 0. The summed E-state index contributed by atoms with van der Waals surface area (Å²) in [6.45, 7) is 5.32. The predicted octanol–water partition coefficient (Wildman–Crippen LogP) is 2.77. The van der Waals surface area contributed by atoms with E-state index in [1.807, 2.05) is 17.2 Å². The van der Waals surface area contributed by atoms with Gasteiger partial charge in [0.25, 0.3) is 0 Å². The summed E-state index contributed by atoms with van der Waals surface area (Å²) in [5.41, 5.74) is 1.38. The van der Waals surface area contributed by atoms with Crippen molar-refractivity contribution in [1.82, 2.24) is 9.88 Å². The Morgan fingerprint density at radius 2 is 1.88 bits per heavy atom. The number of hydrogen-bond acceptors (Lipinski definition) is 6. The number of halogens is 2. The molecule has 0 radical (unpaired) electrons. The number of sulfone groups is 1. The maximum Gasteiger partial charge on any atom is 0.341 e. The molecule has 2 aromatic rings. The van der Waals surface area contributed by atoms with Crippen LogP contribution >= 0.6 is 11.3 Å². The summed E-state index contributed by atoms with van der Waals surface area (Å²) < 4.78 is 49.7. The monoisotopic (exact) mass is 387 g/mol. The quantitative estimate of drug-likeness (QED) is 0.790. The van der Waals surface area contributed by atoms with E-state index in [1.54, 1.807) is 23.5 Å². The largest absolute Gasteiger partial charge is 0.368 e. The van der Waals surface area contributed by atoms with Gasteiger partial charge in [-0.25, -0.2) is 13.4 Å². The second-order valence-corrected chi connectivity index (χ2v) is 8.84. The Kier molecular flexibility index (Phi) is 5.35. The Morgan fingerprint density at radius 3 is 2.48 bits per heavy atom. The van der Waals surface area contributed by atoms with Crippen LogP contribution in [0.15, 0.2) is 34.5 Å². The lowest BCUT2D eigenvalue weighted by Gasteiger charge is -2.36. The van der Waals surface area contributed by atoms with Crippen molar-refractivity contribution in [3.8, 4) is 0 Å². The first kappa shape index (κ1) is 18.2. The highest BCUT2D eigenvalue weighted by Crippen LogP contribution is 2.30. The van der Waals surface area contributed by atoms with Crippen molar-refractivity contribution >= 4 is 26.9 Å². The molecule has 2 heterocycles. The summed E-state index contributed by atoms with van der Waals surface area (Å²) in [4.78, 5) is 8.24. The number of anilines is 1. The lowest BCUT2D eigenvalue weighted by atomic mass is 10.2. The third-order valence-corrected chi connectivity index (χ3v) is 6.42. The van der Waals surface area contributed by atoms with Gasteiger partial charge in [0.2, 0.25) is 9.84 Å². The summed E-state index contributed by atoms with van der Waals surface area (Å²) >= 11 is 1.61. The molecule has 1 aromatic heterocycles. The van der Waals surface area contributed by atoms with Crippen molar-refractivity contribution in [2.75, 3.05) is 31.1 Å². The van der Waals surface area contributed by atoms with Gasteiger partial charge in [-0.1, -0.05) is 12.1 Å². The maximum atomic E-state index is 12.9. The SMILES string of the molecule is Cc1nc(CN2CCN(c3ccccc3S(=O)(=O)C(F)F)CC2)cs1. The van der Waals surface area contributed by atoms with Gasteiger partial charge in [-0.3, -0.25) is 4.90 Å². The summed E-state index contributed by atoms with van der Waals surface area (Å²) in [5.74, 6) is -3.41. The number of alkyl halides is 2. The standard InChI is InChI=1S/C16H19F2N3O2S2/c1-12-19-13(11-24-12)10-20-6-8-21(9-7-20)14-4-2-3-5-15(14)25(22,23)16(17)18/h2-5,11,16H,6-10H2,1H3. The van der Waals surface area contributed by atoms with Crippen molar-refractivity contribution in [1.29, 1.82) is 0 Å². The van der Waals surface area contributed by atoms with Crippen LogP contribution < -0.4 is 4.90 Å². The second-order valence-electron chi connectivity index (χ2n) is 5.89. The maximum absolute atomic E-state index is 12.9. The number of aromatic nitrogens is 1. The van der Waals surface area contributed by atoms with Crippen LogP contribution in [0.5, 0.6) is 0 Å². The van der Waals surface area contributed by atoms with Crippen LogP contribution in [-0.2, 0) is 16.4 Å². The number of aryl methyl sites for hydroxylation is 1. The Balaban J connectivity index is 1.71. The molecule has 25 heavy (non-hydrogen) atoms. The summed E-state index contributed by atoms with van der Waals surface area (Å²) in [5, 5.41) is 3.06. The van der Waals surface area contributed by atoms with E-state index in [0.29, 0.717) is 18.8 Å². The van der Waals surface area contributed by atoms with Crippen LogP contribution in [0.4, 0.5) is 14.5 Å². The predicted molar refractivity (Wildman–Crippen MR) is 94.0 cm³/mol. The van der Waals surface area contributed by atoms with Crippen molar-refractivity contribution in [3.63, 3.8) is 0 Å². The minimum atomic E-state index is -4.61. The number of thiazole rings is 1. The van der Waals surface area contributed by atoms with Gasteiger partial charge in [0.1, 0.15) is 0 Å². The van der Waals surface area contributed by atoms with Crippen LogP contribution in [0.3, 0.4) is 0 Å². The van der Waals surface area contributed by atoms with E-state index in [-0.39, 0.29) is 4.90 Å². The highest BCUT2D eigenvalue weighted by atomic mass is 32.2. The highest BCUT2D eigenvalue weighted by molar-refractivity contribution is 7.91. The van der Waals surface area contributed by atoms with Crippen molar-refractivity contribution in [2.45, 2.75) is 24.1 Å². The Hall–Kier alpha value is -1.58. The third-order valence-electron chi connectivity index (χ3n) is 4.17. The zero-order chi connectivity index (χ0) is 18.0. The molecular weight excluding hydrogens is 368 g/mol. The molecule has 0 bridgehead atoms. The molecule has 5 nitrogen and oxygen atoms in total. The van der Waals surface area contributed by atoms with Gasteiger partial charge < -0.3 is 4.90 Å². The van der Waals surface area contributed by atoms with Crippen molar-refractivity contribution < 1.29 is 17.2 Å². The fourth-order valence-electron chi connectivity index (χ4n) is 2.91. The first-order valence-corrected chi connectivity index (χ1v) is 10.3. The van der Waals surface area contributed by atoms with Crippen LogP contribution in [0.1, 0.15) is 10.7 Å². The van der Waals surface area contributed by atoms with Crippen LogP contribution in [-0.4, -0.2) is 50.2 Å². The van der Waals surface area contributed by atoms with Crippen molar-refractivity contribution in [3.05, 3.63) is 40.3 Å². The number of piperazine rings is 1. The molecule has 1 aliphatic heterocycles. The van der Waals surface area contributed by atoms with E-state index in [1.165, 1.54) is 12.1 Å². The number of rotatable bonds is 5. The normalized spacial score (nSPS) is 16.6. The van der Waals surface area contributed by atoms with Crippen LogP contribution in [0.2, 0.25) is 0 Å². The van der Waals surface area contributed by atoms with E-state index >= 15 is 0 Å². The van der Waals surface area contributed by atoms with Gasteiger partial charge in [0.05, 0.1) is 21.3 Å². The first-order chi connectivity index (χ1) is 11.9. The molecule has 0 aliphatic carbocycles. The summed E-state index contributed by atoms with van der Waals surface area (Å²) in [7, 11) is -4.61. The van der Waals surface area contributed by atoms with Gasteiger partial charge >= 0.3 is 5.76 Å². The molecule has 1 aliphatic rings. The smallest absolute Gasteiger partial charge is 0.341 e. The molecular formula is C16H19F2N3O2S2. The minimum Gasteiger partial charge on any atom is -0.368 e. The van der Waals surface area contributed by atoms with Gasteiger partial charge in [-0.05, 0) is 19.1 Å². The van der Waals surface area contributed by atoms with Crippen LogP contribution in [0, 0.1) is 6.92 Å². The molecule has 0 unspecified atom stereocenters. The topological polar surface area (TPSA) is 53.5 Å². The molecule has 0 spiro atoms. The third kappa shape index (κ3) is 3.99. The van der Waals surface area contributed by atoms with E-state index in [2.05, 4.69) is 9.88 Å². The van der Waals surface area contributed by atoms with Gasteiger partial charge in [-0.15, -0.1) is 11.3 Å². The Labute approximate surface area is 149 Å². The molecule has 9 heteroatoms. The zero-order valence-corrected chi connectivity index (χ0v) is 15.4. The average Bonchev–Trinajstić information content (AvgIpc) is 3.00. The zero-order valence-electron chi connectivity index (χ0n) is 13.7. The second kappa shape index (κ2) is 7.35. The molecule has 0 saturated carbocycles. The first-order valence-electron chi connectivity index (χ1n) is 7.87. The molecule has 0 N–H and O–H groups in total. The van der Waals surface area contributed by atoms with E-state index in [9.17, 15) is 17.2 Å². The Bertz CT molecular complexity index is 831. The number of para-hydroxylation sites is 1. The van der Waals surface area contributed by atoms with E-state index in [4.69, 9.17) is 0 Å². The number of nitrogens with zero attached hydrogens (tertiary/aromatic N) is 3.